The summed E-state index contributed by atoms with van der Waals surface area (Å²) in [7, 11) is 1.70. The Hall–Kier alpha value is -1.29. The minimum Gasteiger partial charge on any atom is -0.398 e. The van der Waals surface area contributed by atoms with Crippen molar-refractivity contribution in [3.8, 4) is 0 Å². The van der Waals surface area contributed by atoms with Crippen LogP contribution in [0.15, 0.2) is 12.3 Å². The van der Waals surface area contributed by atoms with E-state index in [-0.39, 0.29) is 6.04 Å². The lowest BCUT2D eigenvalue weighted by molar-refractivity contribution is 0.184. The molecule has 0 fully saturated rings. The van der Waals surface area contributed by atoms with Gasteiger partial charge in [0.25, 0.3) is 0 Å². The molecule has 0 radical (unpaired) electrons. The third-order valence-electron chi connectivity index (χ3n) is 2.36. The number of methoxy groups -OCH3 is 1. The van der Waals surface area contributed by atoms with Crippen LogP contribution in [0.25, 0.3) is 0 Å². The molecule has 1 atom stereocenters. The van der Waals surface area contributed by atoms with E-state index in [4.69, 9.17) is 10.5 Å². The predicted molar refractivity (Wildman–Crippen MR) is 63.0 cm³/mol. The van der Waals surface area contributed by atoms with Gasteiger partial charge in [0.05, 0.1) is 12.6 Å². The zero-order valence-electron chi connectivity index (χ0n) is 9.58. The molecule has 1 heterocycles. The first kappa shape index (κ1) is 11.8. The molecule has 0 saturated heterocycles. The van der Waals surface area contributed by atoms with Crippen molar-refractivity contribution in [2.75, 3.05) is 24.8 Å². The molecule has 1 rings (SSSR count). The highest BCUT2D eigenvalue weighted by atomic mass is 16.5. The molecule has 0 aliphatic heterocycles. The van der Waals surface area contributed by atoms with E-state index in [0.29, 0.717) is 6.61 Å². The van der Waals surface area contributed by atoms with Crippen LogP contribution in [0.1, 0.15) is 18.9 Å². The number of pyridine rings is 1. The molecule has 4 nitrogen and oxygen atoms in total. The van der Waals surface area contributed by atoms with E-state index in [0.717, 1.165) is 23.5 Å². The maximum absolute atomic E-state index is 5.80. The summed E-state index contributed by atoms with van der Waals surface area (Å²) in [4.78, 5) is 4.26. The number of hydrogen-bond donors (Lipinski definition) is 2. The lowest BCUT2D eigenvalue weighted by atomic mass is 10.2. The summed E-state index contributed by atoms with van der Waals surface area (Å²) in [5, 5.41) is 3.28. The van der Waals surface area contributed by atoms with E-state index in [1.165, 1.54) is 0 Å². The highest BCUT2D eigenvalue weighted by molar-refractivity contribution is 5.53. The second-order valence-corrected chi connectivity index (χ2v) is 3.63. The van der Waals surface area contributed by atoms with Crippen molar-refractivity contribution in [1.29, 1.82) is 0 Å². The van der Waals surface area contributed by atoms with Crippen molar-refractivity contribution in [2.45, 2.75) is 26.3 Å². The second-order valence-electron chi connectivity index (χ2n) is 3.63. The first-order chi connectivity index (χ1) is 7.17. The Morgan fingerprint density at radius 3 is 2.87 bits per heavy atom. The zero-order chi connectivity index (χ0) is 11.3. The summed E-state index contributed by atoms with van der Waals surface area (Å²) in [5.74, 6) is 0.807. The summed E-state index contributed by atoms with van der Waals surface area (Å²) in [6.45, 7) is 4.72. The molecule has 0 amide bonds. The number of nitrogen functional groups attached to an aromatic ring is 1. The van der Waals surface area contributed by atoms with Gasteiger partial charge in [0.1, 0.15) is 5.82 Å². The van der Waals surface area contributed by atoms with E-state index in [1.54, 1.807) is 13.3 Å². The van der Waals surface area contributed by atoms with Gasteiger partial charge in [-0.25, -0.2) is 4.98 Å². The van der Waals surface area contributed by atoms with Crippen LogP contribution in [0.3, 0.4) is 0 Å². The summed E-state index contributed by atoms with van der Waals surface area (Å²) >= 11 is 0. The normalized spacial score (nSPS) is 12.5. The lowest BCUT2D eigenvalue weighted by Gasteiger charge is -2.16. The topological polar surface area (TPSA) is 60.2 Å². The molecule has 3 N–H and O–H groups in total. The van der Waals surface area contributed by atoms with E-state index in [9.17, 15) is 0 Å². The molecule has 0 bridgehead atoms. The van der Waals surface area contributed by atoms with Crippen LogP contribution in [0, 0.1) is 6.92 Å². The van der Waals surface area contributed by atoms with Crippen molar-refractivity contribution in [2.24, 2.45) is 0 Å². The largest absolute Gasteiger partial charge is 0.398 e. The molecule has 0 aromatic carbocycles. The highest BCUT2D eigenvalue weighted by Gasteiger charge is 2.06. The van der Waals surface area contributed by atoms with Crippen LogP contribution >= 0.6 is 0 Å². The third-order valence-corrected chi connectivity index (χ3v) is 2.36. The summed E-state index contributed by atoms with van der Waals surface area (Å²) in [6, 6.07) is 2.14. The van der Waals surface area contributed by atoms with E-state index < -0.39 is 0 Å². The molecule has 0 aliphatic rings. The number of nitrogens with zero attached hydrogens (tertiary/aromatic N) is 1. The maximum atomic E-state index is 5.80. The van der Waals surface area contributed by atoms with Gasteiger partial charge in [0, 0.05) is 25.1 Å². The van der Waals surface area contributed by atoms with Gasteiger partial charge in [-0.2, -0.15) is 0 Å². The van der Waals surface area contributed by atoms with Crippen molar-refractivity contribution >= 4 is 11.5 Å². The number of aromatic nitrogens is 1. The number of rotatable bonds is 5. The first-order valence-corrected chi connectivity index (χ1v) is 5.15. The van der Waals surface area contributed by atoms with E-state index in [1.807, 2.05) is 13.0 Å². The number of ether oxygens (including phenoxy) is 1. The Kier molecular flexibility index (Phi) is 4.37. The third kappa shape index (κ3) is 3.40. The lowest BCUT2D eigenvalue weighted by Crippen LogP contribution is -2.24. The standard InChI is InChI=1S/C11H19N3O/c1-4-9(7-15-3)14-11-5-10(12)8(2)6-13-11/h5-6,9H,4,7H2,1-3H3,(H3,12,13,14). The molecule has 0 spiro atoms. The monoisotopic (exact) mass is 209 g/mol. The van der Waals surface area contributed by atoms with Gasteiger partial charge in [-0.1, -0.05) is 6.92 Å². The smallest absolute Gasteiger partial charge is 0.128 e. The Balaban J connectivity index is 2.66. The van der Waals surface area contributed by atoms with Gasteiger partial charge < -0.3 is 15.8 Å². The zero-order valence-corrected chi connectivity index (χ0v) is 9.58. The van der Waals surface area contributed by atoms with Crippen LogP contribution in [0.2, 0.25) is 0 Å². The molecule has 15 heavy (non-hydrogen) atoms. The molecule has 1 unspecified atom stereocenters. The molecule has 1 aromatic rings. The Labute approximate surface area is 90.8 Å². The minimum absolute atomic E-state index is 0.282. The molecule has 84 valence electrons. The van der Waals surface area contributed by atoms with E-state index in [2.05, 4.69) is 17.2 Å². The molecule has 1 aromatic heterocycles. The number of aryl methyl sites for hydroxylation is 1. The average molecular weight is 209 g/mol. The number of nitrogens with two attached hydrogens (primary N) is 1. The van der Waals surface area contributed by atoms with Crippen molar-refractivity contribution in [3.05, 3.63) is 17.8 Å². The van der Waals surface area contributed by atoms with Crippen LogP contribution in [0.5, 0.6) is 0 Å². The van der Waals surface area contributed by atoms with Gasteiger partial charge in [0.2, 0.25) is 0 Å². The van der Waals surface area contributed by atoms with Crippen LogP contribution in [-0.4, -0.2) is 24.7 Å². The van der Waals surface area contributed by atoms with Crippen molar-refractivity contribution < 1.29 is 4.74 Å². The predicted octanol–water partition coefficient (Wildman–Crippen LogP) is 1.81. The van der Waals surface area contributed by atoms with Gasteiger partial charge >= 0.3 is 0 Å². The van der Waals surface area contributed by atoms with Crippen molar-refractivity contribution in [3.63, 3.8) is 0 Å². The fourth-order valence-corrected chi connectivity index (χ4v) is 1.29. The number of anilines is 2. The minimum atomic E-state index is 0.282. The van der Waals surface area contributed by atoms with Crippen LogP contribution < -0.4 is 11.1 Å². The van der Waals surface area contributed by atoms with E-state index >= 15 is 0 Å². The summed E-state index contributed by atoms with van der Waals surface area (Å²) in [5.41, 5.74) is 7.56. The second kappa shape index (κ2) is 5.56. The van der Waals surface area contributed by atoms with Crippen LogP contribution in [0.4, 0.5) is 11.5 Å². The van der Waals surface area contributed by atoms with Crippen LogP contribution in [-0.2, 0) is 4.74 Å². The molecule has 0 aliphatic carbocycles. The van der Waals surface area contributed by atoms with Gasteiger partial charge in [-0.3, -0.25) is 0 Å². The highest BCUT2D eigenvalue weighted by Crippen LogP contribution is 2.14. The quantitative estimate of drug-likeness (QED) is 0.776. The fraction of sp³-hybridized carbons (Fsp3) is 0.545. The molecule has 0 saturated carbocycles. The molecule has 4 heteroatoms. The van der Waals surface area contributed by atoms with Gasteiger partial charge in [0.15, 0.2) is 0 Å². The fourth-order valence-electron chi connectivity index (χ4n) is 1.29. The molecular weight excluding hydrogens is 190 g/mol. The summed E-state index contributed by atoms with van der Waals surface area (Å²) < 4.78 is 5.10. The SMILES string of the molecule is CCC(COC)Nc1cc(N)c(C)cn1. The average Bonchev–Trinajstić information content (AvgIpc) is 2.23. The maximum Gasteiger partial charge on any atom is 0.128 e. The number of hydrogen-bond acceptors (Lipinski definition) is 4. The van der Waals surface area contributed by atoms with Crippen molar-refractivity contribution in [1.82, 2.24) is 4.98 Å². The van der Waals surface area contributed by atoms with Gasteiger partial charge in [-0.05, 0) is 18.9 Å². The Bertz CT molecular complexity index is 315. The Morgan fingerprint density at radius 1 is 1.60 bits per heavy atom. The molecular formula is C11H19N3O. The summed E-state index contributed by atoms with van der Waals surface area (Å²) in [6.07, 6.45) is 2.76. The Morgan fingerprint density at radius 2 is 2.33 bits per heavy atom. The number of nitrogens with one attached hydrogen (secondary N) is 1. The first-order valence-electron chi connectivity index (χ1n) is 5.15. The van der Waals surface area contributed by atoms with Gasteiger partial charge in [-0.15, -0.1) is 0 Å².